The number of anilines is 1. The largest absolute Gasteiger partial charge is 0.423 e. The molecule has 94 valence electrons. The molecule has 0 saturated carbocycles. The summed E-state index contributed by atoms with van der Waals surface area (Å²) >= 11 is 0. The Hall–Kier alpha value is -1.72. The molecule has 0 aliphatic carbocycles. The van der Waals surface area contributed by atoms with Crippen LogP contribution in [0.25, 0.3) is 0 Å². The zero-order valence-electron chi connectivity index (χ0n) is 9.39. The van der Waals surface area contributed by atoms with Crippen LogP contribution in [-0.2, 0) is 4.79 Å². The molecule has 1 unspecified atom stereocenters. The van der Waals surface area contributed by atoms with E-state index in [1.807, 2.05) is 0 Å². The van der Waals surface area contributed by atoms with Gasteiger partial charge in [-0.2, -0.15) is 0 Å². The van der Waals surface area contributed by atoms with Crippen molar-refractivity contribution in [1.29, 1.82) is 0 Å². The maximum atomic E-state index is 13.4. The first-order valence-electron chi connectivity index (χ1n) is 5.03. The van der Waals surface area contributed by atoms with Crippen LogP contribution < -0.4 is 10.5 Å². The summed E-state index contributed by atoms with van der Waals surface area (Å²) < 4.78 is 43.8. The maximum Gasteiger partial charge on any atom is 0.314 e. The van der Waals surface area contributed by atoms with Gasteiger partial charge in [0.1, 0.15) is 5.69 Å². The van der Waals surface area contributed by atoms with E-state index >= 15 is 0 Å². The third-order valence-electron chi connectivity index (χ3n) is 2.38. The van der Waals surface area contributed by atoms with Gasteiger partial charge in [-0.3, -0.25) is 4.79 Å². The molecule has 0 radical (unpaired) electrons. The first-order valence-corrected chi connectivity index (χ1v) is 5.03. The molecule has 0 heterocycles. The topological polar surface area (TPSA) is 52.3 Å². The Balaban J connectivity index is 3.04. The molecule has 1 rings (SSSR count). The fraction of sp³-hybridized carbons (Fsp3) is 0.364. The summed E-state index contributed by atoms with van der Waals surface area (Å²) in [6, 6.07) is 0.460. The Morgan fingerprint density at radius 2 is 2.00 bits per heavy atom. The van der Waals surface area contributed by atoms with Crippen molar-refractivity contribution >= 4 is 11.7 Å². The van der Waals surface area contributed by atoms with Gasteiger partial charge in [0, 0.05) is 6.07 Å². The zero-order valence-corrected chi connectivity index (χ0v) is 9.39. The molecule has 6 heteroatoms. The van der Waals surface area contributed by atoms with E-state index in [0.29, 0.717) is 12.5 Å². The van der Waals surface area contributed by atoms with Crippen molar-refractivity contribution in [3.05, 3.63) is 23.5 Å². The summed E-state index contributed by atoms with van der Waals surface area (Å²) in [6.07, 6.45) is 0.486. The van der Waals surface area contributed by atoms with E-state index < -0.39 is 40.8 Å². The maximum absolute atomic E-state index is 13.4. The Kier molecular flexibility index (Phi) is 3.98. The summed E-state index contributed by atoms with van der Waals surface area (Å²) in [7, 11) is 0. The van der Waals surface area contributed by atoms with Gasteiger partial charge in [0.2, 0.25) is 0 Å². The second-order valence-electron chi connectivity index (χ2n) is 3.63. The van der Waals surface area contributed by atoms with E-state index in [-0.39, 0.29) is 0 Å². The van der Waals surface area contributed by atoms with Crippen molar-refractivity contribution in [2.75, 3.05) is 5.73 Å². The second-order valence-corrected chi connectivity index (χ2v) is 3.63. The van der Waals surface area contributed by atoms with Crippen LogP contribution in [0, 0.1) is 23.4 Å². The van der Waals surface area contributed by atoms with Gasteiger partial charge in [-0.15, -0.1) is 0 Å². The van der Waals surface area contributed by atoms with Crippen LogP contribution in [0.4, 0.5) is 18.9 Å². The van der Waals surface area contributed by atoms with Crippen molar-refractivity contribution in [2.24, 2.45) is 5.92 Å². The standard InChI is InChI=1S/C11H12F3NO2/c1-3-5(2)11(16)17-7-4-6(12)8(13)10(15)9(7)14/h4-5H,3,15H2,1-2H3. The van der Waals surface area contributed by atoms with Gasteiger partial charge in [0.15, 0.2) is 23.2 Å². The van der Waals surface area contributed by atoms with Crippen LogP contribution in [0.3, 0.4) is 0 Å². The third kappa shape index (κ3) is 2.69. The Bertz CT molecular complexity index is 449. The molecule has 0 aliphatic rings. The van der Waals surface area contributed by atoms with Gasteiger partial charge in [0.05, 0.1) is 5.92 Å². The van der Waals surface area contributed by atoms with Crippen molar-refractivity contribution in [3.63, 3.8) is 0 Å². The third-order valence-corrected chi connectivity index (χ3v) is 2.38. The number of hydrogen-bond donors (Lipinski definition) is 1. The molecule has 0 spiro atoms. The first kappa shape index (κ1) is 13.3. The van der Waals surface area contributed by atoms with E-state index in [1.54, 1.807) is 13.8 Å². The molecule has 0 fully saturated rings. The Labute approximate surface area is 96.4 Å². The summed E-state index contributed by atoms with van der Waals surface area (Å²) in [5.74, 6) is -6.03. The van der Waals surface area contributed by atoms with Crippen molar-refractivity contribution < 1.29 is 22.7 Å². The summed E-state index contributed by atoms with van der Waals surface area (Å²) in [4.78, 5) is 11.4. The van der Waals surface area contributed by atoms with Gasteiger partial charge < -0.3 is 10.5 Å². The monoisotopic (exact) mass is 247 g/mol. The number of hydrogen-bond acceptors (Lipinski definition) is 3. The Morgan fingerprint density at radius 1 is 1.41 bits per heavy atom. The van der Waals surface area contributed by atoms with Crippen molar-refractivity contribution in [3.8, 4) is 5.75 Å². The highest BCUT2D eigenvalue weighted by Gasteiger charge is 2.21. The first-order chi connectivity index (χ1) is 7.88. The minimum Gasteiger partial charge on any atom is -0.423 e. The van der Waals surface area contributed by atoms with Crippen LogP contribution in [0.15, 0.2) is 6.07 Å². The molecule has 2 N–H and O–H groups in total. The van der Waals surface area contributed by atoms with Gasteiger partial charge in [0.25, 0.3) is 0 Å². The minimum atomic E-state index is -1.49. The smallest absolute Gasteiger partial charge is 0.314 e. The minimum absolute atomic E-state index is 0.460. The molecular formula is C11H12F3NO2. The van der Waals surface area contributed by atoms with Crippen LogP contribution >= 0.6 is 0 Å². The van der Waals surface area contributed by atoms with Crippen molar-refractivity contribution in [1.82, 2.24) is 0 Å². The lowest BCUT2D eigenvalue weighted by Crippen LogP contribution is -2.18. The highest BCUT2D eigenvalue weighted by molar-refractivity contribution is 5.75. The molecular weight excluding hydrogens is 235 g/mol. The molecule has 0 aliphatic heterocycles. The summed E-state index contributed by atoms with van der Waals surface area (Å²) in [6.45, 7) is 3.31. The number of ether oxygens (including phenoxy) is 1. The SMILES string of the molecule is CCC(C)C(=O)Oc1cc(F)c(F)c(N)c1F. The molecule has 1 atom stereocenters. The quantitative estimate of drug-likeness (QED) is 0.386. The van der Waals surface area contributed by atoms with Gasteiger partial charge >= 0.3 is 5.97 Å². The van der Waals surface area contributed by atoms with Crippen LogP contribution in [0.5, 0.6) is 5.75 Å². The number of halogens is 3. The van der Waals surface area contributed by atoms with E-state index in [1.165, 1.54) is 0 Å². The number of carbonyl (C=O) groups excluding carboxylic acids is 1. The molecule has 17 heavy (non-hydrogen) atoms. The molecule has 1 aromatic rings. The predicted octanol–water partition coefficient (Wildman–Crippen LogP) is 2.64. The molecule has 0 aromatic heterocycles. The molecule has 0 amide bonds. The zero-order chi connectivity index (χ0) is 13.2. The molecule has 0 bridgehead atoms. The van der Waals surface area contributed by atoms with E-state index in [2.05, 4.69) is 4.74 Å². The fourth-order valence-electron chi connectivity index (χ4n) is 1.05. The van der Waals surface area contributed by atoms with Crippen molar-refractivity contribution in [2.45, 2.75) is 20.3 Å². The lowest BCUT2D eigenvalue weighted by Gasteiger charge is -2.11. The Morgan fingerprint density at radius 3 is 2.53 bits per heavy atom. The highest BCUT2D eigenvalue weighted by Crippen LogP contribution is 2.28. The number of carbonyl (C=O) groups is 1. The van der Waals surface area contributed by atoms with Crippen LogP contribution in [0.1, 0.15) is 20.3 Å². The average molecular weight is 247 g/mol. The van der Waals surface area contributed by atoms with E-state index in [9.17, 15) is 18.0 Å². The van der Waals surface area contributed by atoms with E-state index in [4.69, 9.17) is 5.73 Å². The fourth-order valence-corrected chi connectivity index (χ4v) is 1.05. The van der Waals surface area contributed by atoms with Gasteiger partial charge in [-0.1, -0.05) is 13.8 Å². The molecule has 1 aromatic carbocycles. The number of nitrogen functional groups attached to an aromatic ring is 1. The lowest BCUT2D eigenvalue weighted by atomic mass is 10.1. The normalized spacial score (nSPS) is 12.3. The lowest BCUT2D eigenvalue weighted by molar-refractivity contribution is -0.138. The molecule has 3 nitrogen and oxygen atoms in total. The second kappa shape index (κ2) is 5.07. The number of esters is 1. The average Bonchev–Trinajstić information content (AvgIpc) is 2.32. The molecule has 0 saturated heterocycles. The van der Waals surface area contributed by atoms with Crippen LogP contribution in [-0.4, -0.2) is 5.97 Å². The highest BCUT2D eigenvalue weighted by atomic mass is 19.2. The van der Waals surface area contributed by atoms with Gasteiger partial charge in [-0.05, 0) is 6.42 Å². The predicted molar refractivity (Wildman–Crippen MR) is 55.8 cm³/mol. The van der Waals surface area contributed by atoms with Crippen LogP contribution in [0.2, 0.25) is 0 Å². The summed E-state index contributed by atoms with van der Waals surface area (Å²) in [5.41, 5.74) is 3.98. The van der Waals surface area contributed by atoms with Gasteiger partial charge in [-0.25, -0.2) is 13.2 Å². The number of rotatable bonds is 3. The number of benzene rings is 1. The van der Waals surface area contributed by atoms with E-state index in [0.717, 1.165) is 0 Å². The summed E-state index contributed by atoms with van der Waals surface area (Å²) in [5, 5.41) is 0. The number of nitrogens with two attached hydrogens (primary N) is 1.